The summed E-state index contributed by atoms with van der Waals surface area (Å²) in [6, 6.07) is 0. The zero-order valence-corrected chi connectivity index (χ0v) is 12.7. The quantitative estimate of drug-likeness (QED) is 0.888. The van der Waals surface area contributed by atoms with Crippen LogP contribution in [0.4, 0.5) is 5.13 Å². The molecule has 7 heteroatoms. The molecule has 0 spiro atoms. The van der Waals surface area contributed by atoms with Crippen LogP contribution in [-0.4, -0.2) is 27.6 Å². The number of carboxylic acid groups (broad SMARTS) is 1. The SMILES string of the molecule is Cc1nc(CCNc2nc3c(s2)CCC3C(=O)O)cs1. The van der Waals surface area contributed by atoms with Crippen molar-refractivity contribution in [3.05, 3.63) is 26.7 Å². The van der Waals surface area contributed by atoms with Crippen molar-refractivity contribution >= 4 is 33.8 Å². The summed E-state index contributed by atoms with van der Waals surface area (Å²) in [5, 5.41) is 16.4. The van der Waals surface area contributed by atoms with Crippen molar-refractivity contribution in [1.82, 2.24) is 9.97 Å². The van der Waals surface area contributed by atoms with Gasteiger partial charge in [-0.1, -0.05) is 0 Å². The van der Waals surface area contributed by atoms with Crippen molar-refractivity contribution in [3.8, 4) is 0 Å². The Morgan fingerprint density at radius 2 is 2.40 bits per heavy atom. The summed E-state index contributed by atoms with van der Waals surface area (Å²) >= 11 is 3.24. The third kappa shape index (κ3) is 2.69. The van der Waals surface area contributed by atoms with E-state index in [0.717, 1.165) is 45.8 Å². The van der Waals surface area contributed by atoms with Crippen LogP contribution in [0.2, 0.25) is 0 Å². The molecule has 5 nitrogen and oxygen atoms in total. The smallest absolute Gasteiger partial charge is 0.312 e. The Kier molecular flexibility index (Phi) is 3.71. The third-order valence-electron chi connectivity index (χ3n) is 3.34. The van der Waals surface area contributed by atoms with Crippen LogP contribution in [0.15, 0.2) is 5.38 Å². The number of thiazole rings is 2. The van der Waals surface area contributed by atoms with Gasteiger partial charge < -0.3 is 10.4 Å². The van der Waals surface area contributed by atoms with Gasteiger partial charge in [-0.2, -0.15) is 0 Å². The Bertz CT molecular complexity index is 635. The number of aromatic nitrogens is 2. The van der Waals surface area contributed by atoms with Gasteiger partial charge in [0, 0.05) is 23.2 Å². The molecule has 2 heterocycles. The number of carbonyl (C=O) groups is 1. The number of rotatable bonds is 5. The predicted molar refractivity (Wildman–Crippen MR) is 79.9 cm³/mol. The van der Waals surface area contributed by atoms with E-state index in [0.29, 0.717) is 6.42 Å². The van der Waals surface area contributed by atoms with E-state index in [1.165, 1.54) is 0 Å². The number of carboxylic acids is 1. The van der Waals surface area contributed by atoms with E-state index in [9.17, 15) is 4.79 Å². The fraction of sp³-hybridized carbons (Fsp3) is 0.462. The van der Waals surface area contributed by atoms with Gasteiger partial charge in [-0.05, 0) is 19.8 Å². The molecule has 0 fully saturated rings. The van der Waals surface area contributed by atoms with Crippen LogP contribution >= 0.6 is 22.7 Å². The lowest BCUT2D eigenvalue weighted by atomic mass is 10.1. The van der Waals surface area contributed by atoms with Gasteiger partial charge in [0.25, 0.3) is 0 Å². The van der Waals surface area contributed by atoms with Crippen molar-refractivity contribution in [2.75, 3.05) is 11.9 Å². The number of nitrogens with zero attached hydrogens (tertiary/aromatic N) is 2. The number of aryl methyl sites for hydroxylation is 2. The molecule has 0 amide bonds. The molecule has 1 atom stereocenters. The van der Waals surface area contributed by atoms with Gasteiger partial charge in [0.15, 0.2) is 5.13 Å². The van der Waals surface area contributed by atoms with Gasteiger partial charge >= 0.3 is 5.97 Å². The van der Waals surface area contributed by atoms with E-state index >= 15 is 0 Å². The highest BCUT2D eigenvalue weighted by Crippen LogP contribution is 2.38. The number of fused-ring (bicyclic) bond motifs is 1. The Balaban J connectivity index is 1.59. The number of hydrogen-bond acceptors (Lipinski definition) is 6. The first-order valence-electron chi connectivity index (χ1n) is 6.51. The highest BCUT2D eigenvalue weighted by atomic mass is 32.1. The summed E-state index contributed by atoms with van der Waals surface area (Å²) in [5.41, 5.74) is 1.85. The van der Waals surface area contributed by atoms with Crippen molar-refractivity contribution in [1.29, 1.82) is 0 Å². The van der Waals surface area contributed by atoms with Crippen LogP contribution < -0.4 is 5.32 Å². The van der Waals surface area contributed by atoms with E-state index < -0.39 is 11.9 Å². The largest absolute Gasteiger partial charge is 0.481 e. The Labute approximate surface area is 124 Å². The summed E-state index contributed by atoms with van der Waals surface area (Å²) in [4.78, 5) is 21.1. The maximum atomic E-state index is 11.1. The molecular formula is C13H15N3O2S2. The first-order valence-corrected chi connectivity index (χ1v) is 8.20. The number of anilines is 1. The minimum absolute atomic E-state index is 0.419. The molecule has 106 valence electrons. The minimum atomic E-state index is -0.765. The van der Waals surface area contributed by atoms with E-state index in [2.05, 4.69) is 20.7 Å². The first kappa shape index (κ1) is 13.5. The van der Waals surface area contributed by atoms with E-state index in [4.69, 9.17) is 5.11 Å². The second-order valence-corrected chi connectivity index (χ2v) is 6.94. The summed E-state index contributed by atoms with van der Waals surface area (Å²) in [7, 11) is 0. The Morgan fingerprint density at radius 3 is 3.10 bits per heavy atom. The van der Waals surface area contributed by atoms with Crippen molar-refractivity contribution < 1.29 is 9.90 Å². The van der Waals surface area contributed by atoms with Gasteiger partial charge in [-0.15, -0.1) is 22.7 Å². The average molecular weight is 309 g/mol. The number of hydrogen-bond donors (Lipinski definition) is 2. The summed E-state index contributed by atoms with van der Waals surface area (Å²) in [6.45, 7) is 2.77. The highest BCUT2D eigenvalue weighted by molar-refractivity contribution is 7.15. The molecule has 1 aliphatic rings. The first-order chi connectivity index (χ1) is 9.63. The predicted octanol–water partition coefficient (Wildman–Crippen LogP) is 2.68. The molecule has 2 aromatic heterocycles. The molecule has 0 radical (unpaired) electrons. The molecule has 0 saturated carbocycles. The molecule has 3 rings (SSSR count). The lowest BCUT2D eigenvalue weighted by Crippen LogP contribution is -2.09. The molecule has 1 aliphatic carbocycles. The monoisotopic (exact) mass is 309 g/mol. The lowest BCUT2D eigenvalue weighted by Gasteiger charge is -2.03. The highest BCUT2D eigenvalue weighted by Gasteiger charge is 2.32. The van der Waals surface area contributed by atoms with Crippen molar-refractivity contribution in [2.24, 2.45) is 0 Å². The zero-order chi connectivity index (χ0) is 14.1. The third-order valence-corrected chi connectivity index (χ3v) is 5.25. The van der Waals surface area contributed by atoms with E-state index in [1.54, 1.807) is 22.7 Å². The van der Waals surface area contributed by atoms with Crippen LogP contribution in [0.25, 0.3) is 0 Å². The second kappa shape index (κ2) is 5.49. The van der Waals surface area contributed by atoms with E-state index in [1.807, 2.05) is 6.92 Å². The molecule has 0 bridgehead atoms. The maximum Gasteiger partial charge on any atom is 0.312 e. The van der Waals surface area contributed by atoms with Crippen molar-refractivity contribution in [2.45, 2.75) is 32.1 Å². The molecular weight excluding hydrogens is 294 g/mol. The normalized spacial score (nSPS) is 17.1. The zero-order valence-electron chi connectivity index (χ0n) is 11.0. The van der Waals surface area contributed by atoms with Crippen LogP contribution in [0.3, 0.4) is 0 Å². The van der Waals surface area contributed by atoms with Gasteiger partial charge in [0.1, 0.15) is 5.92 Å². The minimum Gasteiger partial charge on any atom is -0.481 e. The molecule has 2 aromatic rings. The van der Waals surface area contributed by atoms with Crippen LogP contribution in [0, 0.1) is 6.92 Å². The molecule has 0 aliphatic heterocycles. The van der Waals surface area contributed by atoms with Crippen LogP contribution in [-0.2, 0) is 17.6 Å². The topological polar surface area (TPSA) is 75.1 Å². The van der Waals surface area contributed by atoms with Crippen molar-refractivity contribution in [3.63, 3.8) is 0 Å². The second-order valence-electron chi connectivity index (χ2n) is 4.79. The molecule has 2 N–H and O–H groups in total. The van der Waals surface area contributed by atoms with Crippen LogP contribution in [0.1, 0.15) is 33.6 Å². The lowest BCUT2D eigenvalue weighted by molar-refractivity contribution is -0.138. The number of nitrogens with one attached hydrogen (secondary N) is 1. The molecule has 0 aromatic carbocycles. The Hall–Kier alpha value is -1.47. The van der Waals surface area contributed by atoms with Gasteiger partial charge in [0.05, 0.1) is 16.4 Å². The summed E-state index contributed by atoms with van der Waals surface area (Å²) in [5.74, 6) is -1.18. The fourth-order valence-corrected chi connectivity index (χ4v) is 4.07. The summed E-state index contributed by atoms with van der Waals surface area (Å²) < 4.78 is 0. The van der Waals surface area contributed by atoms with Gasteiger partial charge in [-0.3, -0.25) is 4.79 Å². The Morgan fingerprint density at radius 1 is 1.55 bits per heavy atom. The fourth-order valence-electron chi connectivity index (χ4n) is 2.36. The molecule has 0 saturated heterocycles. The van der Waals surface area contributed by atoms with Crippen LogP contribution in [0.5, 0.6) is 0 Å². The van der Waals surface area contributed by atoms with Gasteiger partial charge in [-0.25, -0.2) is 9.97 Å². The maximum absolute atomic E-state index is 11.1. The number of aliphatic carboxylic acids is 1. The molecule has 1 unspecified atom stereocenters. The summed E-state index contributed by atoms with van der Waals surface area (Å²) in [6.07, 6.45) is 2.37. The van der Waals surface area contributed by atoms with Gasteiger partial charge in [0.2, 0.25) is 0 Å². The van der Waals surface area contributed by atoms with E-state index in [-0.39, 0.29) is 0 Å². The standard InChI is InChI=1S/C13H15N3O2S2/c1-7-15-8(6-19-7)4-5-14-13-16-11-9(12(17)18)2-3-10(11)20-13/h6,9H,2-5H2,1H3,(H,14,16)(H,17,18). The average Bonchev–Trinajstić information content (AvgIpc) is 3.04. The molecule has 20 heavy (non-hydrogen) atoms.